The lowest BCUT2D eigenvalue weighted by Gasteiger charge is -2.16. The van der Waals surface area contributed by atoms with Crippen LogP contribution in [-0.4, -0.2) is 19.7 Å². The van der Waals surface area contributed by atoms with Crippen LogP contribution in [0.4, 0.5) is 4.39 Å². The second kappa shape index (κ2) is 7.82. The van der Waals surface area contributed by atoms with Gasteiger partial charge in [0.15, 0.2) is 0 Å². The van der Waals surface area contributed by atoms with Crippen LogP contribution in [0.25, 0.3) is 16.6 Å². The van der Waals surface area contributed by atoms with E-state index in [1.54, 1.807) is 19.2 Å². The number of hydrogen-bond acceptors (Lipinski definition) is 4. The zero-order chi connectivity index (χ0) is 18.1. The summed E-state index contributed by atoms with van der Waals surface area (Å²) in [6.07, 6.45) is 4.00. The number of halogens is 2. The summed E-state index contributed by atoms with van der Waals surface area (Å²) in [6.45, 7) is 1.65. The number of rotatable bonds is 4. The maximum absolute atomic E-state index is 13.4. The number of nitrogens with zero attached hydrogens (tertiary/aromatic N) is 4. The zero-order valence-electron chi connectivity index (χ0n) is 14.7. The molecule has 27 heavy (non-hydrogen) atoms. The van der Waals surface area contributed by atoms with E-state index in [4.69, 9.17) is 5.73 Å². The smallest absolute Gasteiger partial charge is 0.144 e. The summed E-state index contributed by atoms with van der Waals surface area (Å²) in [4.78, 5) is 8.77. The second-order valence-electron chi connectivity index (χ2n) is 6.20. The number of fused-ring (bicyclic) bond motifs is 1. The molecule has 5 nitrogen and oxygen atoms in total. The largest absolute Gasteiger partial charge is 0.322 e. The lowest BCUT2D eigenvalue weighted by atomic mass is 10.1. The Morgan fingerprint density at radius 3 is 2.74 bits per heavy atom. The first kappa shape index (κ1) is 18.9. The zero-order valence-corrected chi connectivity index (χ0v) is 15.5. The molecule has 138 valence electrons. The summed E-state index contributed by atoms with van der Waals surface area (Å²) in [5.41, 5.74) is 10.1. The molecule has 7 heteroatoms. The monoisotopic (exact) mass is 383 g/mol. The van der Waals surface area contributed by atoms with E-state index < -0.39 is 0 Å². The molecule has 1 atom stereocenters. The van der Waals surface area contributed by atoms with Crippen molar-refractivity contribution in [1.29, 1.82) is 0 Å². The van der Waals surface area contributed by atoms with Gasteiger partial charge in [-0.15, -0.1) is 12.4 Å². The van der Waals surface area contributed by atoms with E-state index >= 15 is 0 Å². The normalized spacial score (nSPS) is 12.0. The molecule has 0 fully saturated rings. The van der Waals surface area contributed by atoms with Gasteiger partial charge in [-0.05, 0) is 37.3 Å². The first-order valence-electron chi connectivity index (χ1n) is 8.39. The van der Waals surface area contributed by atoms with Crippen LogP contribution in [0.2, 0.25) is 0 Å². The van der Waals surface area contributed by atoms with Gasteiger partial charge < -0.3 is 5.73 Å². The molecule has 4 rings (SSSR count). The van der Waals surface area contributed by atoms with Gasteiger partial charge in [0.1, 0.15) is 5.82 Å². The minimum atomic E-state index is -0.383. The molecular weight excluding hydrogens is 365 g/mol. The fourth-order valence-corrected chi connectivity index (χ4v) is 3.07. The fourth-order valence-electron chi connectivity index (χ4n) is 3.07. The second-order valence-corrected chi connectivity index (χ2v) is 6.20. The van der Waals surface area contributed by atoms with E-state index in [0.717, 1.165) is 28.0 Å². The van der Waals surface area contributed by atoms with Crippen molar-refractivity contribution in [3.05, 3.63) is 83.8 Å². The molecule has 0 radical (unpaired) electrons. The van der Waals surface area contributed by atoms with Crippen LogP contribution in [0.5, 0.6) is 0 Å². The highest BCUT2D eigenvalue weighted by Gasteiger charge is 2.17. The third kappa shape index (κ3) is 3.67. The summed E-state index contributed by atoms with van der Waals surface area (Å²) in [7, 11) is 0. The average Bonchev–Trinajstić information content (AvgIpc) is 3.09. The Morgan fingerprint density at radius 2 is 1.93 bits per heavy atom. The molecule has 3 aromatic heterocycles. The Bertz CT molecular complexity index is 1080. The van der Waals surface area contributed by atoms with Gasteiger partial charge in [0.25, 0.3) is 0 Å². The van der Waals surface area contributed by atoms with Crippen molar-refractivity contribution in [1.82, 2.24) is 19.7 Å². The number of para-hydroxylation sites is 1. The maximum Gasteiger partial charge on any atom is 0.144 e. The van der Waals surface area contributed by atoms with Crippen LogP contribution in [0, 0.1) is 12.7 Å². The molecule has 0 bridgehead atoms. The number of benzene rings is 1. The minimum absolute atomic E-state index is 0. The minimum Gasteiger partial charge on any atom is -0.322 e. The summed E-state index contributed by atoms with van der Waals surface area (Å²) in [6, 6.07) is 14.5. The first-order chi connectivity index (χ1) is 12.6. The molecule has 0 spiro atoms. The van der Waals surface area contributed by atoms with Gasteiger partial charge in [-0.25, -0.2) is 9.07 Å². The standard InChI is InChI=1S/C20H18FN5.ClH/c1-13-16(21)9-8-15(25-13)11-17(22)20-19(7-4-10-23-20)26-18-6-3-2-5-14(18)12-24-26;/h2-10,12,17H,11,22H2,1H3;1H. The Balaban J connectivity index is 0.00000210. The van der Waals surface area contributed by atoms with Gasteiger partial charge in [0, 0.05) is 23.7 Å². The van der Waals surface area contributed by atoms with Gasteiger partial charge >= 0.3 is 0 Å². The van der Waals surface area contributed by atoms with Gasteiger partial charge in [0.05, 0.1) is 34.8 Å². The van der Waals surface area contributed by atoms with Gasteiger partial charge in [-0.1, -0.05) is 18.2 Å². The highest BCUT2D eigenvalue weighted by molar-refractivity contribution is 5.85. The molecule has 0 saturated carbocycles. The molecule has 1 unspecified atom stereocenters. The molecule has 0 aliphatic carbocycles. The van der Waals surface area contributed by atoms with Crippen molar-refractivity contribution in [2.75, 3.05) is 0 Å². The van der Waals surface area contributed by atoms with Crippen molar-refractivity contribution in [2.45, 2.75) is 19.4 Å². The van der Waals surface area contributed by atoms with Crippen LogP contribution in [-0.2, 0) is 6.42 Å². The number of aromatic nitrogens is 4. The topological polar surface area (TPSA) is 69.6 Å². The summed E-state index contributed by atoms with van der Waals surface area (Å²) in [5, 5.41) is 5.55. The third-order valence-electron chi connectivity index (χ3n) is 4.38. The summed E-state index contributed by atoms with van der Waals surface area (Å²) < 4.78 is 15.3. The van der Waals surface area contributed by atoms with Gasteiger partial charge in [-0.3, -0.25) is 9.97 Å². The highest BCUT2D eigenvalue weighted by atomic mass is 35.5. The van der Waals surface area contributed by atoms with Crippen molar-refractivity contribution in [3.8, 4) is 5.69 Å². The molecule has 0 saturated heterocycles. The lowest BCUT2D eigenvalue weighted by molar-refractivity contribution is 0.601. The van der Waals surface area contributed by atoms with E-state index in [-0.39, 0.29) is 24.3 Å². The summed E-state index contributed by atoms with van der Waals surface area (Å²) >= 11 is 0. The van der Waals surface area contributed by atoms with Crippen LogP contribution in [0.3, 0.4) is 0 Å². The predicted molar refractivity (Wildman–Crippen MR) is 106 cm³/mol. The molecule has 4 aromatic rings. The Labute approximate surface area is 162 Å². The van der Waals surface area contributed by atoms with Crippen LogP contribution >= 0.6 is 12.4 Å². The first-order valence-corrected chi connectivity index (χ1v) is 8.39. The lowest BCUT2D eigenvalue weighted by Crippen LogP contribution is -2.19. The van der Waals surface area contributed by atoms with Crippen molar-refractivity contribution in [2.24, 2.45) is 5.73 Å². The Morgan fingerprint density at radius 1 is 1.11 bits per heavy atom. The average molecular weight is 384 g/mol. The van der Waals surface area contributed by atoms with Gasteiger partial charge in [0.2, 0.25) is 0 Å². The van der Waals surface area contributed by atoms with Crippen molar-refractivity contribution in [3.63, 3.8) is 0 Å². The van der Waals surface area contributed by atoms with E-state index in [2.05, 4.69) is 15.1 Å². The van der Waals surface area contributed by atoms with E-state index in [0.29, 0.717) is 12.1 Å². The summed E-state index contributed by atoms with van der Waals surface area (Å²) in [5.74, 6) is -0.316. The highest BCUT2D eigenvalue weighted by Crippen LogP contribution is 2.24. The molecular formula is C20H19ClFN5. The van der Waals surface area contributed by atoms with Crippen LogP contribution in [0.15, 0.2) is 60.9 Å². The fraction of sp³-hybridized carbons (Fsp3) is 0.150. The van der Waals surface area contributed by atoms with Crippen molar-refractivity contribution < 1.29 is 4.39 Å². The predicted octanol–water partition coefficient (Wildman–Crippen LogP) is 3.93. The number of pyridine rings is 2. The van der Waals surface area contributed by atoms with E-state index in [1.807, 2.05) is 47.3 Å². The number of nitrogens with two attached hydrogens (primary N) is 1. The molecule has 0 aliphatic rings. The SMILES string of the molecule is Cc1nc(CC(N)c2ncccc2-n2ncc3ccccc32)ccc1F.Cl. The van der Waals surface area contributed by atoms with E-state index in [9.17, 15) is 4.39 Å². The van der Waals surface area contributed by atoms with Crippen molar-refractivity contribution >= 4 is 23.3 Å². The van der Waals surface area contributed by atoms with E-state index in [1.165, 1.54) is 6.07 Å². The van der Waals surface area contributed by atoms with Gasteiger partial charge in [-0.2, -0.15) is 5.10 Å². The third-order valence-corrected chi connectivity index (χ3v) is 4.38. The Hall–Kier alpha value is -2.83. The molecule has 2 N–H and O–H groups in total. The molecule has 0 aliphatic heterocycles. The maximum atomic E-state index is 13.4. The number of aryl methyl sites for hydroxylation is 1. The molecule has 1 aromatic carbocycles. The molecule has 3 heterocycles. The van der Waals surface area contributed by atoms with Crippen LogP contribution < -0.4 is 5.73 Å². The molecule has 0 amide bonds. The number of hydrogen-bond donors (Lipinski definition) is 1. The quantitative estimate of drug-likeness (QED) is 0.579. The Kier molecular flexibility index (Phi) is 5.48. The van der Waals surface area contributed by atoms with Crippen LogP contribution in [0.1, 0.15) is 23.1 Å².